The lowest BCUT2D eigenvalue weighted by Crippen LogP contribution is -2.48. The summed E-state index contributed by atoms with van der Waals surface area (Å²) in [6.45, 7) is 1.56. The Kier molecular flexibility index (Phi) is 2.91. The van der Waals surface area contributed by atoms with Crippen molar-refractivity contribution < 1.29 is 18.3 Å². The molecular formula is C12H14F3NO. The first-order valence-electron chi connectivity index (χ1n) is 5.39. The zero-order chi connectivity index (χ0) is 12.7. The van der Waals surface area contributed by atoms with E-state index in [4.69, 9.17) is 0 Å². The molecule has 0 saturated carbocycles. The summed E-state index contributed by atoms with van der Waals surface area (Å²) in [5, 5.41) is 9.47. The van der Waals surface area contributed by atoms with Crippen LogP contribution in [0.3, 0.4) is 0 Å². The fourth-order valence-corrected chi connectivity index (χ4v) is 1.89. The van der Waals surface area contributed by atoms with Gasteiger partial charge in [-0.1, -0.05) is 30.3 Å². The number of alkyl halides is 3. The third-order valence-corrected chi connectivity index (χ3v) is 3.17. The Bertz CT molecular complexity index is 388. The fourth-order valence-electron chi connectivity index (χ4n) is 1.89. The molecule has 1 saturated heterocycles. The molecule has 3 unspecified atom stereocenters. The number of halogens is 3. The molecule has 0 radical (unpaired) electrons. The zero-order valence-corrected chi connectivity index (χ0v) is 9.41. The topological polar surface area (TPSA) is 23.2 Å². The standard InChI is InChI=1S/C12H14F3NO/c1-11(17,12(13,14)15)10-8-16(10)7-9-5-3-2-4-6-9/h2-6,10,17H,7-8H2,1H3. The molecule has 1 aromatic carbocycles. The van der Waals surface area contributed by atoms with Crippen LogP contribution in [0, 0.1) is 0 Å². The van der Waals surface area contributed by atoms with Crippen LogP contribution in [0.5, 0.6) is 0 Å². The summed E-state index contributed by atoms with van der Waals surface area (Å²) in [6.07, 6.45) is -4.58. The second-order valence-electron chi connectivity index (χ2n) is 4.58. The van der Waals surface area contributed by atoms with Gasteiger partial charge in [0.2, 0.25) is 0 Å². The van der Waals surface area contributed by atoms with Crippen LogP contribution in [0.1, 0.15) is 12.5 Å². The predicted octanol–water partition coefficient (Wildman–Crippen LogP) is 2.18. The maximum Gasteiger partial charge on any atom is 0.418 e. The first kappa shape index (κ1) is 12.4. The van der Waals surface area contributed by atoms with E-state index in [0.29, 0.717) is 6.54 Å². The Morgan fingerprint density at radius 1 is 1.29 bits per heavy atom. The van der Waals surface area contributed by atoms with Crippen molar-refractivity contribution in [3.8, 4) is 0 Å². The lowest BCUT2D eigenvalue weighted by atomic mass is 10.0. The highest BCUT2D eigenvalue weighted by Crippen LogP contribution is 2.41. The maximum absolute atomic E-state index is 12.6. The van der Waals surface area contributed by atoms with Crippen LogP contribution in [0.15, 0.2) is 30.3 Å². The summed E-state index contributed by atoms with van der Waals surface area (Å²) in [4.78, 5) is 1.61. The van der Waals surface area contributed by atoms with E-state index in [2.05, 4.69) is 0 Å². The van der Waals surface area contributed by atoms with E-state index in [-0.39, 0.29) is 6.54 Å². The third kappa shape index (κ3) is 2.45. The average molecular weight is 245 g/mol. The summed E-state index contributed by atoms with van der Waals surface area (Å²) in [5.74, 6) is 0. The molecule has 1 N–H and O–H groups in total. The first-order valence-corrected chi connectivity index (χ1v) is 5.39. The van der Waals surface area contributed by atoms with E-state index >= 15 is 0 Å². The minimum absolute atomic E-state index is 0.279. The minimum atomic E-state index is -4.58. The first-order chi connectivity index (χ1) is 7.82. The van der Waals surface area contributed by atoms with Crippen molar-refractivity contribution in [2.75, 3.05) is 6.54 Å². The van der Waals surface area contributed by atoms with Crippen LogP contribution in [0.2, 0.25) is 0 Å². The Morgan fingerprint density at radius 2 is 1.88 bits per heavy atom. The highest BCUT2D eigenvalue weighted by Gasteiger charge is 2.61. The van der Waals surface area contributed by atoms with Gasteiger partial charge in [0.25, 0.3) is 0 Å². The van der Waals surface area contributed by atoms with Crippen LogP contribution < -0.4 is 0 Å². The molecule has 2 nitrogen and oxygen atoms in total. The second kappa shape index (κ2) is 3.99. The number of aliphatic hydroxyl groups is 1. The van der Waals surface area contributed by atoms with Gasteiger partial charge in [-0.2, -0.15) is 13.2 Å². The Hall–Kier alpha value is -1.07. The van der Waals surface area contributed by atoms with E-state index in [1.54, 1.807) is 4.90 Å². The summed E-state index contributed by atoms with van der Waals surface area (Å²) in [5.41, 5.74) is -1.67. The van der Waals surface area contributed by atoms with Crippen LogP contribution in [0.25, 0.3) is 0 Å². The highest BCUT2D eigenvalue weighted by atomic mass is 19.4. The lowest BCUT2D eigenvalue weighted by Gasteiger charge is -2.26. The van der Waals surface area contributed by atoms with Gasteiger partial charge in [-0.3, -0.25) is 4.90 Å². The monoisotopic (exact) mass is 245 g/mol. The lowest BCUT2D eigenvalue weighted by molar-refractivity contribution is -0.255. The Morgan fingerprint density at radius 3 is 2.41 bits per heavy atom. The van der Waals surface area contributed by atoms with Gasteiger partial charge in [-0.15, -0.1) is 0 Å². The van der Waals surface area contributed by atoms with Gasteiger partial charge >= 0.3 is 6.18 Å². The molecule has 1 aliphatic heterocycles. The highest BCUT2D eigenvalue weighted by molar-refractivity contribution is 5.17. The molecule has 1 heterocycles. The smallest absolute Gasteiger partial charge is 0.379 e. The number of benzene rings is 1. The van der Waals surface area contributed by atoms with E-state index < -0.39 is 17.8 Å². The Labute approximate surface area is 97.7 Å². The third-order valence-electron chi connectivity index (χ3n) is 3.17. The normalized spacial score (nSPS) is 27.6. The van der Waals surface area contributed by atoms with Crippen LogP contribution in [-0.4, -0.2) is 34.4 Å². The summed E-state index contributed by atoms with van der Waals surface area (Å²) >= 11 is 0. The quantitative estimate of drug-likeness (QED) is 0.825. The molecular weight excluding hydrogens is 231 g/mol. The summed E-state index contributed by atoms with van der Waals surface area (Å²) in [6, 6.07) is 8.43. The van der Waals surface area contributed by atoms with Gasteiger partial charge in [-0.25, -0.2) is 0 Å². The largest absolute Gasteiger partial charge is 0.418 e. The molecule has 0 bridgehead atoms. The molecule has 17 heavy (non-hydrogen) atoms. The van der Waals surface area contributed by atoms with Gasteiger partial charge in [0.15, 0.2) is 5.60 Å². The van der Waals surface area contributed by atoms with Crippen molar-refractivity contribution in [3.63, 3.8) is 0 Å². The van der Waals surface area contributed by atoms with Crippen molar-refractivity contribution in [1.29, 1.82) is 0 Å². The molecule has 0 aromatic heterocycles. The molecule has 3 atom stereocenters. The van der Waals surface area contributed by atoms with Gasteiger partial charge < -0.3 is 5.11 Å². The van der Waals surface area contributed by atoms with Crippen molar-refractivity contribution in [2.45, 2.75) is 31.3 Å². The van der Waals surface area contributed by atoms with Gasteiger partial charge in [0.05, 0.1) is 6.04 Å². The summed E-state index contributed by atoms with van der Waals surface area (Å²) < 4.78 is 37.7. The molecule has 0 amide bonds. The predicted molar refractivity (Wildman–Crippen MR) is 57.3 cm³/mol. The van der Waals surface area contributed by atoms with E-state index in [0.717, 1.165) is 12.5 Å². The molecule has 1 aliphatic rings. The molecule has 94 valence electrons. The van der Waals surface area contributed by atoms with Crippen molar-refractivity contribution in [2.24, 2.45) is 0 Å². The molecule has 1 fully saturated rings. The summed E-state index contributed by atoms with van der Waals surface area (Å²) in [7, 11) is 0. The van der Waals surface area contributed by atoms with Crippen molar-refractivity contribution in [1.82, 2.24) is 4.90 Å². The SMILES string of the molecule is CC(O)(C1CN1Cc1ccccc1)C(F)(F)F. The van der Waals surface area contributed by atoms with Crippen LogP contribution >= 0.6 is 0 Å². The molecule has 5 heteroatoms. The molecule has 2 rings (SSSR count). The average Bonchev–Trinajstić information content (AvgIpc) is 2.97. The van der Waals surface area contributed by atoms with Gasteiger partial charge in [0.1, 0.15) is 0 Å². The maximum atomic E-state index is 12.6. The van der Waals surface area contributed by atoms with Crippen molar-refractivity contribution >= 4 is 0 Å². The van der Waals surface area contributed by atoms with Crippen molar-refractivity contribution in [3.05, 3.63) is 35.9 Å². The second-order valence-corrected chi connectivity index (χ2v) is 4.58. The fraction of sp³-hybridized carbons (Fsp3) is 0.500. The van der Waals surface area contributed by atoms with Crippen LogP contribution in [-0.2, 0) is 6.54 Å². The number of rotatable bonds is 3. The number of hydrogen-bond donors (Lipinski definition) is 1. The van der Waals surface area contributed by atoms with E-state index in [1.807, 2.05) is 30.3 Å². The van der Waals surface area contributed by atoms with Gasteiger partial charge in [0, 0.05) is 13.1 Å². The number of hydrogen-bond acceptors (Lipinski definition) is 2. The van der Waals surface area contributed by atoms with Crippen LogP contribution in [0.4, 0.5) is 13.2 Å². The van der Waals surface area contributed by atoms with E-state index in [1.165, 1.54) is 0 Å². The molecule has 1 aromatic rings. The zero-order valence-electron chi connectivity index (χ0n) is 9.41. The van der Waals surface area contributed by atoms with Gasteiger partial charge in [-0.05, 0) is 12.5 Å². The minimum Gasteiger partial charge on any atom is -0.379 e. The number of nitrogens with zero attached hydrogens (tertiary/aromatic N) is 1. The molecule has 0 aliphatic carbocycles. The Balaban J connectivity index is 1.98. The molecule has 0 spiro atoms. The van der Waals surface area contributed by atoms with E-state index in [9.17, 15) is 18.3 Å².